The maximum Gasteiger partial charge on any atom is 0.238 e. The van der Waals surface area contributed by atoms with E-state index >= 15 is 0 Å². The van der Waals surface area contributed by atoms with Crippen LogP contribution in [0.4, 0.5) is 0 Å². The highest BCUT2D eigenvalue weighted by Crippen LogP contribution is 2.27. The minimum atomic E-state index is -0.187. The second-order valence-electron chi connectivity index (χ2n) is 4.99. The van der Waals surface area contributed by atoms with E-state index in [1.807, 2.05) is 24.3 Å². The van der Waals surface area contributed by atoms with Gasteiger partial charge in [-0.1, -0.05) is 24.3 Å². The van der Waals surface area contributed by atoms with Crippen molar-refractivity contribution in [1.82, 2.24) is 10.3 Å². The average molecular weight is 263 g/mol. The molecule has 1 aliphatic rings. The number of hydrogen-bond donors (Lipinski definition) is 3. The molecule has 1 aromatic rings. The molecule has 0 unspecified atom stereocenters. The standard InChI is InChI=1S/C14H21N3O2/c15-16-14(19)9-11-1-3-12(4-2-11)10-17(7-8-18)13-5-6-13/h1-4,13,18H,5-10,15H2,(H,16,19). The van der Waals surface area contributed by atoms with E-state index in [9.17, 15) is 4.79 Å². The second-order valence-corrected chi connectivity index (χ2v) is 4.99. The van der Waals surface area contributed by atoms with E-state index in [1.54, 1.807) is 0 Å². The van der Waals surface area contributed by atoms with Crippen LogP contribution in [0.25, 0.3) is 0 Å². The smallest absolute Gasteiger partial charge is 0.238 e. The van der Waals surface area contributed by atoms with Crippen LogP contribution < -0.4 is 11.3 Å². The van der Waals surface area contributed by atoms with Gasteiger partial charge in [0.1, 0.15) is 0 Å². The number of carbonyl (C=O) groups is 1. The lowest BCUT2D eigenvalue weighted by atomic mass is 10.1. The summed E-state index contributed by atoms with van der Waals surface area (Å²) in [5.41, 5.74) is 4.28. The summed E-state index contributed by atoms with van der Waals surface area (Å²) in [5, 5.41) is 9.06. The Balaban J connectivity index is 1.91. The molecule has 0 heterocycles. The molecule has 0 aromatic heterocycles. The van der Waals surface area contributed by atoms with Crippen LogP contribution in [0.3, 0.4) is 0 Å². The maximum absolute atomic E-state index is 11.2. The number of hydrogen-bond acceptors (Lipinski definition) is 4. The van der Waals surface area contributed by atoms with Crippen molar-refractivity contribution in [2.75, 3.05) is 13.2 Å². The Morgan fingerprint density at radius 2 is 1.95 bits per heavy atom. The molecule has 1 aromatic carbocycles. The highest BCUT2D eigenvalue weighted by molar-refractivity contribution is 5.77. The van der Waals surface area contributed by atoms with Crippen LogP contribution in [-0.4, -0.2) is 35.1 Å². The van der Waals surface area contributed by atoms with Crippen LogP contribution in [-0.2, 0) is 17.8 Å². The Kier molecular flexibility index (Phi) is 4.90. The summed E-state index contributed by atoms with van der Waals surface area (Å²) in [6.45, 7) is 1.78. The minimum Gasteiger partial charge on any atom is -0.395 e. The molecule has 1 amide bonds. The second kappa shape index (κ2) is 6.65. The van der Waals surface area contributed by atoms with Gasteiger partial charge in [-0.05, 0) is 24.0 Å². The third-order valence-electron chi connectivity index (χ3n) is 3.38. The first-order valence-electron chi connectivity index (χ1n) is 6.65. The summed E-state index contributed by atoms with van der Waals surface area (Å²) in [6.07, 6.45) is 2.77. The Hall–Kier alpha value is -1.43. The molecule has 0 saturated heterocycles. The SMILES string of the molecule is NNC(=O)Cc1ccc(CN(CCO)C2CC2)cc1. The Bertz CT molecular complexity index is 415. The summed E-state index contributed by atoms with van der Waals surface area (Å²) < 4.78 is 0. The van der Waals surface area contributed by atoms with Gasteiger partial charge in [0.2, 0.25) is 5.91 Å². The Labute approximate surface area is 113 Å². The van der Waals surface area contributed by atoms with Gasteiger partial charge in [0.25, 0.3) is 0 Å². The van der Waals surface area contributed by atoms with Crippen LogP contribution >= 0.6 is 0 Å². The van der Waals surface area contributed by atoms with E-state index in [0.29, 0.717) is 12.5 Å². The molecule has 1 saturated carbocycles. The van der Waals surface area contributed by atoms with Gasteiger partial charge in [0, 0.05) is 19.1 Å². The van der Waals surface area contributed by atoms with Crippen LogP contribution in [0.2, 0.25) is 0 Å². The van der Waals surface area contributed by atoms with E-state index in [1.165, 1.54) is 18.4 Å². The van der Waals surface area contributed by atoms with E-state index < -0.39 is 0 Å². The summed E-state index contributed by atoms with van der Waals surface area (Å²) in [4.78, 5) is 13.5. The van der Waals surface area contributed by atoms with Gasteiger partial charge in [0.15, 0.2) is 0 Å². The molecule has 0 atom stereocenters. The molecule has 4 N–H and O–H groups in total. The quantitative estimate of drug-likeness (QED) is 0.372. The Morgan fingerprint density at radius 3 is 2.47 bits per heavy atom. The van der Waals surface area contributed by atoms with Gasteiger partial charge in [-0.15, -0.1) is 0 Å². The largest absolute Gasteiger partial charge is 0.395 e. The van der Waals surface area contributed by atoms with Gasteiger partial charge >= 0.3 is 0 Å². The van der Waals surface area contributed by atoms with Crippen molar-refractivity contribution < 1.29 is 9.90 Å². The zero-order valence-corrected chi connectivity index (χ0v) is 11.0. The molecule has 0 radical (unpaired) electrons. The molecule has 104 valence electrons. The number of carbonyl (C=O) groups excluding carboxylic acids is 1. The molecule has 2 rings (SSSR count). The van der Waals surface area contributed by atoms with Crippen molar-refractivity contribution in [2.24, 2.45) is 5.84 Å². The van der Waals surface area contributed by atoms with Gasteiger partial charge in [-0.25, -0.2) is 5.84 Å². The number of rotatable bonds is 7. The number of hydrazine groups is 1. The predicted octanol–water partition coefficient (Wildman–Crippen LogP) is 0.176. The van der Waals surface area contributed by atoms with Gasteiger partial charge < -0.3 is 5.11 Å². The molecule has 0 bridgehead atoms. The monoisotopic (exact) mass is 263 g/mol. The lowest BCUT2D eigenvalue weighted by Crippen LogP contribution is -2.31. The molecule has 5 heteroatoms. The number of nitrogens with zero attached hydrogens (tertiary/aromatic N) is 1. The highest BCUT2D eigenvalue weighted by Gasteiger charge is 2.28. The zero-order chi connectivity index (χ0) is 13.7. The fourth-order valence-corrected chi connectivity index (χ4v) is 2.19. The van der Waals surface area contributed by atoms with Crippen molar-refractivity contribution in [1.29, 1.82) is 0 Å². The molecule has 1 aliphatic carbocycles. The molecule has 1 fully saturated rings. The van der Waals surface area contributed by atoms with Crippen LogP contribution in [0.5, 0.6) is 0 Å². The third kappa shape index (κ3) is 4.31. The first kappa shape index (κ1) is 14.0. The van der Waals surface area contributed by atoms with E-state index in [2.05, 4.69) is 10.3 Å². The van der Waals surface area contributed by atoms with Crippen molar-refractivity contribution in [3.05, 3.63) is 35.4 Å². The molecular weight excluding hydrogens is 242 g/mol. The lowest BCUT2D eigenvalue weighted by Gasteiger charge is -2.20. The maximum atomic E-state index is 11.2. The molecule has 19 heavy (non-hydrogen) atoms. The van der Waals surface area contributed by atoms with Gasteiger partial charge in [-0.3, -0.25) is 15.1 Å². The lowest BCUT2D eigenvalue weighted by molar-refractivity contribution is -0.120. The number of amides is 1. The first-order chi connectivity index (χ1) is 9.22. The number of aliphatic hydroxyl groups excluding tert-OH is 1. The van der Waals surface area contributed by atoms with Gasteiger partial charge in [0.05, 0.1) is 13.0 Å². The summed E-state index contributed by atoms with van der Waals surface area (Å²) >= 11 is 0. The molecule has 0 spiro atoms. The van der Waals surface area contributed by atoms with Crippen molar-refractivity contribution in [3.63, 3.8) is 0 Å². The summed E-state index contributed by atoms with van der Waals surface area (Å²) in [7, 11) is 0. The molecule has 5 nitrogen and oxygen atoms in total. The van der Waals surface area contributed by atoms with Crippen LogP contribution in [0, 0.1) is 0 Å². The van der Waals surface area contributed by atoms with Crippen molar-refractivity contribution in [3.8, 4) is 0 Å². The Morgan fingerprint density at radius 1 is 1.32 bits per heavy atom. The average Bonchev–Trinajstić information content (AvgIpc) is 3.24. The number of nitrogens with two attached hydrogens (primary N) is 1. The van der Waals surface area contributed by atoms with Crippen LogP contribution in [0.15, 0.2) is 24.3 Å². The molecule has 0 aliphatic heterocycles. The van der Waals surface area contributed by atoms with E-state index in [-0.39, 0.29) is 12.5 Å². The first-order valence-corrected chi connectivity index (χ1v) is 6.65. The summed E-state index contributed by atoms with van der Waals surface area (Å²) in [5.74, 6) is 4.87. The fourth-order valence-electron chi connectivity index (χ4n) is 2.19. The fraction of sp³-hybridized carbons (Fsp3) is 0.500. The normalized spacial score (nSPS) is 14.7. The topological polar surface area (TPSA) is 78.6 Å². The highest BCUT2D eigenvalue weighted by atomic mass is 16.3. The number of benzene rings is 1. The van der Waals surface area contributed by atoms with Gasteiger partial charge in [-0.2, -0.15) is 0 Å². The van der Waals surface area contributed by atoms with E-state index in [0.717, 1.165) is 18.7 Å². The minimum absolute atomic E-state index is 0.187. The third-order valence-corrected chi connectivity index (χ3v) is 3.38. The van der Waals surface area contributed by atoms with Crippen molar-refractivity contribution in [2.45, 2.75) is 31.8 Å². The number of nitrogens with one attached hydrogen (secondary N) is 1. The van der Waals surface area contributed by atoms with E-state index in [4.69, 9.17) is 10.9 Å². The van der Waals surface area contributed by atoms with Crippen molar-refractivity contribution >= 4 is 5.91 Å². The number of aliphatic hydroxyl groups is 1. The van der Waals surface area contributed by atoms with Crippen LogP contribution in [0.1, 0.15) is 24.0 Å². The summed E-state index contributed by atoms with van der Waals surface area (Å²) in [6, 6.07) is 8.61. The zero-order valence-electron chi connectivity index (χ0n) is 11.0. The molecular formula is C14H21N3O2. The predicted molar refractivity (Wildman–Crippen MR) is 73.0 cm³/mol.